The average Bonchev–Trinajstić information content (AvgIpc) is 2.68. The molecule has 1 aromatic rings. The van der Waals surface area contributed by atoms with E-state index < -0.39 is 11.7 Å². The predicted octanol–water partition coefficient (Wildman–Crippen LogP) is 3.21. The van der Waals surface area contributed by atoms with Gasteiger partial charge in [0.15, 0.2) is 5.96 Å². The second-order valence-electron chi connectivity index (χ2n) is 5.95. The number of unbranched alkanes of at least 4 members (excludes halogenated alkanes) is 1. The molecule has 0 aromatic heterocycles. The zero-order valence-corrected chi connectivity index (χ0v) is 16.7. The van der Waals surface area contributed by atoms with Crippen LogP contribution in [0.5, 0.6) is 5.75 Å². The van der Waals surface area contributed by atoms with E-state index in [2.05, 4.69) is 22.5 Å². The summed E-state index contributed by atoms with van der Waals surface area (Å²) in [6.45, 7) is 4.77. The van der Waals surface area contributed by atoms with E-state index in [1.807, 2.05) is 0 Å². The Kier molecular flexibility index (Phi) is 11.4. The molecule has 0 radical (unpaired) electrons. The fourth-order valence-corrected chi connectivity index (χ4v) is 2.31. The molecule has 6 nitrogen and oxygen atoms in total. The fourth-order valence-electron chi connectivity index (χ4n) is 2.31. The highest BCUT2D eigenvalue weighted by atomic mass is 19.4. The Labute approximate surface area is 164 Å². The number of guanidine groups is 1. The molecule has 1 rings (SSSR count). The summed E-state index contributed by atoms with van der Waals surface area (Å²) in [6.07, 6.45) is -2.33. The van der Waals surface area contributed by atoms with Crippen LogP contribution in [0.2, 0.25) is 0 Å². The van der Waals surface area contributed by atoms with E-state index in [0.29, 0.717) is 32.3 Å². The van der Waals surface area contributed by atoms with Crippen LogP contribution in [0.1, 0.15) is 30.9 Å². The minimum absolute atomic E-state index is 0.0232. The number of nitrogens with one attached hydrogen (secondary N) is 2. The summed E-state index contributed by atoms with van der Waals surface area (Å²) in [7, 11) is 2.88. The third-order valence-electron chi connectivity index (χ3n) is 3.85. The Morgan fingerprint density at radius 3 is 2.39 bits per heavy atom. The van der Waals surface area contributed by atoms with E-state index >= 15 is 0 Å². The van der Waals surface area contributed by atoms with E-state index in [1.54, 1.807) is 7.05 Å². The number of hydrogen-bond donors (Lipinski definition) is 2. The van der Waals surface area contributed by atoms with E-state index in [0.717, 1.165) is 25.5 Å². The van der Waals surface area contributed by atoms with Crippen molar-refractivity contribution >= 4 is 5.96 Å². The van der Waals surface area contributed by atoms with Crippen LogP contribution in [0.3, 0.4) is 0 Å². The summed E-state index contributed by atoms with van der Waals surface area (Å²) < 4.78 is 55.4. The maximum absolute atomic E-state index is 13.2. The van der Waals surface area contributed by atoms with Gasteiger partial charge in [-0.3, -0.25) is 4.99 Å². The lowest BCUT2D eigenvalue weighted by molar-refractivity contribution is -0.138. The van der Waals surface area contributed by atoms with Crippen molar-refractivity contribution in [3.05, 3.63) is 29.3 Å². The molecule has 0 saturated heterocycles. The number of benzene rings is 1. The van der Waals surface area contributed by atoms with E-state index in [-0.39, 0.29) is 17.9 Å². The molecule has 0 atom stereocenters. The molecule has 0 bridgehead atoms. The first kappa shape index (κ1) is 24.0. The van der Waals surface area contributed by atoms with E-state index in [9.17, 15) is 13.2 Å². The summed E-state index contributed by atoms with van der Waals surface area (Å²) in [4.78, 5) is 4.00. The Bertz CT molecular complexity index is 596. The Balaban J connectivity index is 2.38. The molecular weight excluding hydrogens is 375 g/mol. The normalized spacial score (nSPS) is 12.1. The first-order valence-electron chi connectivity index (χ1n) is 9.26. The Morgan fingerprint density at radius 1 is 1.07 bits per heavy atom. The molecule has 0 amide bonds. The summed E-state index contributed by atoms with van der Waals surface area (Å²) >= 11 is 0. The largest absolute Gasteiger partial charge is 0.497 e. The van der Waals surface area contributed by atoms with Gasteiger partial charge in [-0.25, -0.2) is 0 Å². The van der Waals surface area contributed by atoms with Gasteiger partial charge in [-0.05, 0) is 24.1 Å². The number of rotatable bonds is 12. The smallest absolute Gasteiger partial charge is 0.416 e. The molecule has 0 fully saturated rings. The first-order valence-corrected chi connectivity index (χ1v) is 9.26. The number of alkyl halides is 3. The zero-order valence-electron chi connectivity index (χ0n) is 16.7. The summed E-state index contributed by atoms with van der Waals surface area (Å²) in [5.74, 6) is 0.557. The minimum Gasteiger partial charge on any atom is -0.497 e. The molecule has 2 N–H and O–H groups in total. The number of hydrogen-bond acceptors (Lipinski definition) is 4. The molecule has 0 aliphatic heterocycles. The number of aliphatic imine (C=N–C) groups is 1. The van der Waals surface area contributed by atoms with Crippen molar-refractivity contribution in [3.63, 3.8) is 0 Å². The SMILES string of the molecule is CCCCOCCOCCNC(=NC)NCc1ccc(OC)cc1C(F)(F)F. The third kappa shape index (κ3) is 9.27. The first-order chi connectivity index (χ1) is 13.4. The van der Waals surface area contributed by atoms with Crippen molar-refractivity contribution in [1.82, 2.24) is 10.6 Å². The van der Waals surface area contributed by atoms with Crippen LogP contribution in [0.15, 0.2) is 23.2 Å². The highest BCUT2D eigenvalue weighted by molar-refractivity contribution is 5.79. The van der Waals surface area contributed by atoms with Crippen LogP contribution < -0.4 is 15.4 Å². The predicted molar refractivity (Wildman–Crippen MR) is 103 cm³/mol. The van der Waals surface area contributed by atoms with Crippen LogP contribution >= 0.6 is 0 Å². The van der Waals surface area contributed by atoms with Crippen molar-refractivity contribution in [2.24, 2.45) is 4.99 Å². The van der Waals surface area contributed by atoms with Crippen molar-refractivity contribution in [3.8, 4) is 5.75 Å². The standard InChI is InChI=1S/C19H30F3N3O3/c1-4-5-9-27-11-12-28-10-8-24-18(23-2)25-14-15-6-7-16(26-3)13-17(15)19(20,21)22/h6-7,13H,4-5,8-12,14H2,1-3H3,(H2,23,24,25). The van der Waals surface area contributed by atoms with Gasteiger partial charge in [0.2, 0.25) is 0 Å². The van der Waals surface area contributed by atoms with E-state index in [4.69, 9.17) is 14.2 Å². The van der Waals surface area contributed by atoms with E-state index in [1.165, 1.54) is 19.2 Å². The number of halogens is 3. The highest BCUT2D eigenvalue weighted by Gasteiger charge is 2.33. The molecule has 0 saturated carbocycles. The second-order valence-corrected chi connectivity index (χ2v) is 5.95. The van der Waals surface area contributed by atoms with Crippen LogP contribution in [0.4, 0.5) is 13.2 Å². The maximum atomic E-state index is 13.2. The molecule has 1 aromatic carbocycles. The third-order valence-corrected chi connectivity index (χ3v) is 3.85. The molecule has 9 heteroatoms. The van der Waals surface area contributed by atoms with Gasteiger partial charge in [0.25, 0.3) is 0 Å². The number of methoxy groups -OCH3 is 1. The van der Waals surface area contributed by atoms with Gasteiger partial charge in [0, 0.05) is 26.7 Å². The molecule has 0 aliphatic rings. The Morgan fingerprint density at radius 2 is 1.79 bits per heavy atom. The number of ether oxygens (including phenoxy) is 3. The molecule has 160 valence electrons. The Hall–Kier alpha value is -2.00. The average molecular weight is 405 g/mol. The zero-order chi connectivity index (χ0) is 20.8. The summed E-state index contributed by atoms with van der Waals surface area (Å²) in [5, 5.41) is 5.88. The topological polar surface area (TPSA) is 64.1 Å². The highest BCUT2D eigenvalue weighted by Crippen LogP contribution is 2.34. The maximum Gasteiger partial charge on any atom is 0.416 e. The van der Waals surface area contributed by atoms with Gasteiger partial charge in [0.1, 0.15) is 5.75 Å². The van der Waals surface area contributed by atoms with Crippen LogP contribution in [0, 0.1) is 0 Å². The second kappa shape index (κ2) is 13.2. The molecule has 28 heavy (non-hydrogen) atoms. The molecule has 0 spiro atoms. The van der Waals surface area contributed by atoms with Crippen molar-refractivity contribution in [2.45, 2.75) is 32.5 Å². The molecule has 0 unspecified atom stereocenters. The van der Waals surface area contributed by atoms with Gasteiger partial charge in [-0.15, -0.1) is 0 Å². The van der Waals surface area contributed by atoms with Crippen molar-refractivity contribution < 1.29 is 27.4 Å². The molecule has 0 heterocycles. The summed E-state index contributed by atoms with van der Waals surface area (Å²) in [5.41, 5.74) is -0.627. The molecular formula is C19H30F3N3O3. The number of nitrogens with zero attached hydrogens (tertiary/aromatic N) is 1. The van der Waals surface area contributed by atoms with Gasteiger partial charge >= 0.3 is 6.18 Å². The monoisotopic (exact) mass is 405 g/mol. The van der Waals surface area contributed by atoms with Crippen molar-refractivity contribution in [1.29, 1.82) is 0 Å². The van der Waals surface area contributed by atoms with Gasteiger partial charge in [0.05, 0.1) is 32.5 Å². The van der Waals surface area contributed by atoms with Crippen LogP contribution in [-0.2, 0) is 22.2 Å². The summed E-state index contributed by atoms with van der Waals surface area (Å²) in [6, 6.07) is 3.88. The lowest BCUT2D eigenvalue weighted by Gasteiger charge is -2.16. The minimum atomic E-state index is -4.46. The van der Waals surface area contributed by atoms with Crippen LogP contribution in [-0.4, -0.2) is 53.1 Å². The van der Waals surface area contributed by atoms with Gasteiger partial charge < -0.3 is 24.8 Å². The van der Waals surface area contributed by atoms with Crippen LogP contribution in [0.25, 0.3) is 0 Å². The van der Waals surface area contributed by atoms with Gasteiger partial charge in [-0.1, -0.05) is 19.4 Å². The lowest BCUT2D eigenvalue weighted by Crippen LogP contribution is -2.39. The lowest BCUT2D eigenvalue weighted by atomic mass is 10.1. The molecule has 0 aliphatic carbocycles. The van der Waals surface area contributed by atoms with Gasteiger partial charge in [-0.2, -0.15) is 13.2 Å². The quantitative estimate of drug-likeness (QED) is 0.318. The fraction of sp³-hybridized carbons (Fsp3) is 0.632. The van der Waals surface area contributed by atoms with Crippen molar-refractivity contribution in [2.75, 3.05) is 47.1 Å².